The van der Waals surface area contributed by atoms with Crippen molar-refractivity contribution < 1.29 is 0 Å². The minimum absolute atomic E-state index is 0.594. The van der Waals surface area contributed by atoms with Crippen LogP contribution in [0.25, 0.3) is 0 Å². The maximum absolute atomic E-state index is 4.69. The van der Waals surface area contributed by atoms with Gasteiger partial charge in [0.1, 0.15) is 16.2 Å². The van der Waals surface area contributed by atoms with E-state index in [1.54, 1.807) is 0 Å². The molecule has 20 heavy (non-hydrogen) atoms. The molecule has 0 aliphatic heterocycles. The molecule has 0 atom stereocenters. The van der Waals surface area contributed by atoms with E-state index in [9.17, 15) is 0 Å². The zero-order valence-electron chi connectivity index (χ0n) is 12.2. The highest BCUT2D eigenvalue weighted by molar-refractivity contribution is 9.10. The Hall–Kier alpha value is -0.640. The van der Waals surface area contributed by atoms with Gasteiger partial charge >= 0.3 is 0 Å². The molecule has 1 N–H and O–H groups in total. The molecule has 1 aromatic heterocycles. The van der Waals surface area contributed by atoms with Gasteiger partial charge < -0.3 is 5.32 Å². The second-order valence-corrected chi connectivity index (χ2v) is 7.17. The van der Waals surface area contributed by atoms with Gasteiger partial charge in [0.25, 0.3) is 0 Å². The lowest BCUT2D eigenvalue weighted by Crippen LogP contribution is -2.26. The Morgan fingerprint density at radius 3 is 2.55 bits per heavy atom. The fraction of sp³-hybridized carbons (Fsp3) is 0.750. The van der Waals surface area contributed by atoms with Gasteiger partial charge in [0, 0.05) is 18.0 Å². The number of hydrogen-bond acceptors (Lipinski definition) is 3. The van der Waals surface area contributed by atoms with Crippen molar-refractivity contribution in [2.24, 2.45) is 5.92 Å². The average Bonchev–Trinajstić information content (AvgIpc) is 3.25. The van der Waals surface area contributed by atoms with Gasteiger partial charge in [-0.2, -0.15) is 0 Å². The third-order valence-electron chi connectivity index (χ3n) is 4.55. The lowest BCUT2D eigenvalue weighted by Gasteiger charge is -2.29. The molecule has 0 bridgehead atoms. The molecule has 1 heterocycles. The molecule has 0 aromatic carbocycles. The van der Waals surface area contributed by atoms with Gasteiger partial charge in [-0.1, -0.05) is 19.8 Å². The fourth-order valence-electron chi connectivity index (χ4n) is 3.25. The highest BCUT2D eigenvalue weighted by Crippen LogP contribution is 2.39. The Balaban J connectivity index is 1.58. The Bertz CT molecular complexity index is 451. The molecule has 0 saturated heterocycles. The summed E-state index contributed by atoms with van der Waals surface area (Å²) in [7, 11) is 0. The van der Waals surface area contributed by atoms with E-state index in [0.29, 0.717) is 12.0 Å². The molecular formula is C16H24BrN3. The van der Waals surface area contributed by atoms with Gasteiger partial charge in [-0.25, -0.2) is 9.97 Å². The third kappa shape index (κ3) is 3.72. The van der Waals surface area contributed by atoms with Crippen molar-refractivity contribution in [3.8, 4) is 0 Å². The first-order valence-corrected chi connectivity index (χ1v) is 8.85. The van der Waals surface area contributed by atoms with E-state index in [-0.39, 0.29) is 0 Å². The van der Waals surface area contributed by atoms with Gasteiger partial charge in [-0.15, -0.1) is 0 Å². The number of hydrogen-bond donors (Lipinski definition) is 1. The SMILES string of the molecule is CCCC1CCC(Nc2cc(Br)nc(C3CC3)n2)CC1. The van der Waals surface area contributed by atoms with Crippen molar-refractivity contribution in [2.45, 2.75) is 70.3 Å². The number of rotatable bonds is 5. The molecule has 0 unspecified atom stereocenters. The molecule has 4 heteroatoms. The number of nitrogens with zero attached hydrogens (tertiary/aromatic N) is 2. The highest BCUT2D eigenvalue weighted by atomic mass is 79.9. The quantitative estimate of drug-likeness (QED) is 0.777. The van der Waals surface area contributed by atoms with Crippen LogP contribution in [0.15, 0.2) is 10.7 Å². The lowest BCUT2D eigenvalue weighted by molar-refractivity contribution is 0.318. The van der Waals surface area contributed by atoms with Crippen LogP contribution in [0.5, 0.6) is 0 Å². The fourth-order valence-corrected chi connectivity index (χ4v) is 3.64. The standard InChI is InChI=1S/C16H24BrN3/c1-2-3-11-4-8-13(9-5-11)18-15-10-14(17)19-16(20-15)12-6-7-12/h10-13H,2-9H2,1H3,(H,18,19,20). The van der Waals surface area contributed by atoms with Crippen LogP contribution in [-0.2, 0) is 0 Å². The number of anilines is 1. The molecule has 0 amide bonds. The molecule has 2 aliphatic carbocycles. The summed E-state index contributed by atoms with van der Waals surface area (Å²) in [5, 5.41) is 3.63. The minimum Gasteiger partial charge on any atom is -0.367 e. The monoisotopic (exact) mass is 337 g/mol. The molecule has 110 valence electrons. The third-order valence-corrected chi connectivity index (χ3v) is 4.96. The number of halogens is 1. The first kappa shape index (κ1) is 14.3. The van der Waals surface area contributed by atoms with Crippen LogP contribution < -0.4 is 5.32 Å². The van der Waals surface area contributed by atoms with Crippen molar-refractivity contribution in [1.82, 2.24) is 9.97 Å². The molecule has 0 spiro atoms. The van der Waals surface area contributed by atoms with Crippen LogP contribution in [0.3, 0.4) is 0 Å². The molecule has 2 aliphatic rings. The second-order valence-electron chi connectivity index (χ2n) is 6.36. The Kier molecular flexibility index (Phi) is 4.59. The van der Waals surface area contributed by atoms with E-state index in [1.807, 2.05) is 6.07 Å². The van der Waals surface area contributed by atoms with E-state index < -0.39 is 0 Å². The summed E-state index contributed by atoms with van der Waals surface area (Å²) in [6, 6.07) is 2.61. The van der Waals surface area contributed by atoms with E-state index >= 15 is 0 Å². The second kappa shape index (κ2) is 6.42. The molecule has 0 radical (unpaired) electrons. The summed E-state index contributed by atoms with van der Waals surface area (Å²) in [6.07, 6.45) is 10.5. The van der Waals surface area contributed by atoms with Crippen molar-refractivity contribution >= 4 is 21.7 Å². The van der Waals surface area contributed by atoms with Gasteiger partial charge in [0.05, 0.1) is 0 Å². The summed E-state index contributed by atoms with van der Waals surface area (Å²) >= 11 is 3.51. The smallest absolute Gasteiger partial charge is 0.135 e. The summed E-state index contributed by atoms with van der Waals surface area (Å²) in [4.78, 5) is 9.18. The van der Waals surface area contributed by atoms with Gasteiger partial charge in [-0.05, 0) is 60.4 Å². The average molecular weight is 338 g/mol. The molecule has 3 nitrogen and oxygen atoms in total. The molecule has 3 rings (SSSR count). The maximum Gasteiger partial charge on any atom is 0.135 e. The summed E-state index contributed by atoms with van der Waals surface area (Å²) < 4.78 is 0.913. The van der Waals surface area contributed by atoms with Crippen molar-refractivity contribution in [3.05, 3.63) is 16.5 Å². The van der Waals surface area contributed by atoms with Crippen LogP contribution >= 0.6 is 15.9 Å². The first-order chi connectivity index (χ1) is 9.74. The zero-order chi connectivity index (χ0) is 13.9. The zero-order valence-corrected chi connectivity index (χ0v) is 13.8. The summed E-state index contributed by atoms with van der Waals surface area (Å²) in [5.74, 6) is 3.58. The summed E-state index contributed by atoms with van der Waals surface area (Å²) in [5.41, 5.74) is 0. The van der Waals surface area contributed by atoms with Crippen molar-refractivity contribution in [3.63, 3.8) is 0 Å². The molecule has 2 saturated carbocycles. The van der Waals surface area contributed by atoms with Gasteiger partial charge in [0.15, 0.2) is 0 Å². The summed E-state index contributed by atoms with van der Waals surface area (Å²) in [6.45, 7) is 2.29. The van der Waals surface area contributed by atoms with E-state index in [4.69, 9.17) is 4.98 Å². The largest absolute Gasteiger partial charge is 0.367 e. The predicted molar refractivity (Wildman–Crippen MR) is 86.0 cm³/mol. The lowest BCUT2D eigenvalue weighted by atomic mass is 9.83. The molecule has 1 aromatic rings. The normalized spacial score (nSPS) is 26.5. The first-order valence-electron chi connectivity index (χ1n) is 8.05. The number of nitrogens with one attached hydrogen (secondary N) is 1. The molecular weight excluding hydrogens is 314 g/mol. The number of aromatic nitrogens is 2. The van der Waals surface area contributed by atoms with Crippen molar-refractivity contribution in [2.75, 3.05) is 5.32 Å². The van der Waals surface area contributed by atoms with E-state index in [0.717, 1.165) is 22.2 Å². The van der Waals surface area contributed by atoms with Gasteiger partial charge in [-0.3, -0.25) is 0 Å². The van der Waals surface area contributed by atoms with Crippen LogP contribution in [-0.4, -0.2) is 16.0 Å². The van der Waals surface area contributed by atoms with Crippen LogP contribution in [0.2, 0.25) is 0 Å². The topological polar surface area (TPSA) is 37.8 Å². The Morgan fingerprint density at radius 1 is 1.15 bits per heavy atom. The maximum atomic E-state index is 4.69. The Morgan fingerprint density at radius 2 is 1.90 bits per heavy atom. The predicted octanol–water partition coefficient (Wildman–Crippen LogP) is 4.89. The van der Waals surface area contributed by atoms with E-state index in [2.05, 4.69) is 33.2 Å². The van der Waals surface area contributed by atoms with Crippen LogP contribution in [0.4, 0.5) is 5.82 Å². The Labute approximate surface area is 130 Å². The van der Waals surface area contributed by atoms with Crippen LogP contribution in [0.1, 0.15) is 70.0 Å². The van der Waals surface area contributed by atoms with Gasteiger partial charge in [0.2, 0.25) is 0 Å². The van der Waals surface area contributed by atoms with E-state index in [1.165, 1.54) is 51.4 Å². The minimum atomic E-state index is 0.594. The highest BCUT2D eigenvalue weighted by Gasteiger charge is 2.27. The van der Waals surface area contributed by atoms with Crippen molar-refractivity contribution in [1.29, 1.82) is 0 Å². The molecule has 2 fully saturated rings. The van der Waals surface area contributed by atoms with Crippen LogP contribution in [0, 0.1) is 5.92 Å².